The zero-order chi connectivity index (χ0) is 27.7. The van der Waals surface area contributed by atoms with E-state index >= 15 is 0 Å². The van der Waals surface area contributed by atoms with Crippen LogP contribution >= 0.6 is 0 Å². The van der Waals surface area contributed by atoms with Crippen LogP contribution in [0.5, 0.6) is 0 Å². The van der Waals surface area contributed by atoms with Crippen molar-refractivity contribution in [1.82, 2.24) is 34.2 Å². The van der Waals surface area contributed by atoms with Crippen LogP contribution in [0.3, 0.4) is 0 Å². The van der Waals surface area contributed by atoms with Crippen LogP contribution in [0.2, 0.25) is 0 Å². The maximum atomic E-state index is 13.5. The predicted molar refractivity (Wildman–Crippen MR) is 150 cm³/mol. The summed E-state index contributed by atoms with van der Waals surface area (Å²) in [5.74, 6) is 0.915. The summed E-state index contributed by atoms with van der Waals surface area (Å²) in [4.78, 5) is 22.3. The van der Waals surface area contributed by atoms with Crippen LogP contribution in [0.25, 0.3) is 16.6 Å². The molecular formula is C28H42N8O3. The summed E-state index contributed by atoms with van der Waals surface area (Å²) < 4.78 is 9.03. The lowest BCUT2D eigenvalue weighted by atomic mass is 9.85. The summed E-state index contributed by atoms with van der Waals surface area (Å²) >= 11 is 0. The first-order chi connectivity index (χ1) is 18.7. The Morgan fingerprint density at radius 3 is 2.59 bits per heavy atom. The Balaban J connectivity index is 1.48. The lowest BCUT2D eigenvalue weighted by molar-refractivity contribution is -0.141. The normalized spacial score (nSPS) is 21.8. The number of piperazine rings is 1. The van der Waals surface area contributed by atoms with Gasteiger partial charge in [-0.25, -0.2) is 9.50 Å². The number of carbonyl (C=O) groups is 1. The first-order valence-electron chi connectivity index (χ1n) is 14.0. The molecule has 1 saturated carbocycles. The molecule has 4 heterocycles. The number of rotatable bonds is 8. The van der Waals surface area contributed by atoms with Crippen molar-refractivity contribution in [2.24, 2.45) is 0 Å². The monoisotopic (exact) mass is 538 g/mol. The van der Waals surface area contributed by atoms with Crippen molar-refractivity contribution in [3.05, 3.63) is 30.4 Å². The van der Waals surface area contributed by atoms with Gasteiger partial charge in [0.05, 0.1) is 30.6 Å². The molecule has 3 aromatic heterocycles. The average molecular weight is 539 g/mol. The van der Waals surface area contributed by atoms with E-state index in [1.807, 2.05) is 48.8 Å². The highest BCUT2D eigenvalue weighted by atomic mass is 16.5. The molecule has 0 bridgehead atoms. The lowest BCUT2D eigenvalue weighted by Crippen LogP contribution is -2.54. The van der Waals surface area contributed by atoms with Crippen LogP contribution in [-0.2, 0) is 15.1 Å². The van der Waals surface area contributed by atoms with Gasteiger partial charge in [-0.1, -0.05) is 0 Å². The van der Waals surface area contributed by atoms with Gasteiger partial charge in [-0.3, -0.25) is 9.48 Å². The van der Waals surface area contributed by atoms with Crippen molar-refractivity contribution in [1.29, 1.82) is 0 Å². The number of amides is 1. The second-order valence-corrected chi connectivity index (χ2v) is 11.7. The number of hydrogen-bond acceptors (Lipinski definition) is 8. The molecule has 5 rings (SSSR count). The van der Waals surface area contributed by atoms with Crippen molar-refractivity contribution < 1.29 is 14.6 Å². The Hall–Kier alpha value is -3.02. The quantitative estimate of drug-likeness (QED) is 0.450. The van der Waals surface area contributed by atoms with Crippen molar-refractivity contribution in [3.8, 4) is 11.1 Å². The summed E-state index contributed by atoms with van der Waals surface area (Å²) in [5, 5.41) is 23.0. The van der Waals surface area contributed by atoms with Gasteiger partial charge in [-0.05, 0) is 59.6 Å². The Labute approximate surface area is 230 Å². The van der Waals surface area contributed by atoms with Crippen LogP contribution in [0.1, 0.15) is 58.1 Å². The molecule has 39 heavy (non-hydrogen) atoms. The predicted octanol–water partition coefficient (Wildman–Crippen LogP) is 2.57. The van der Waals surface area contributed by atoms with Crippen LogP contribution in [-0.4, -0.2) is 104 Å². The van der Waals surface area contributed by atoms with E-state index in [0.717, 1.165) is 74.2 Å². The molecule has 2 fully saturated rings. The third kappa shape index (κ3) is 5.66. The van der Waals surface area contributed by atoms with E-state index in [-0.39, 0.29) is 18.1 Å². The topological polar surface area (TPSA) is 113 Å². The number of aliphatic hydroxyl groups is 1. The van der Waals surface area contributed by atoms with Gasteiger partial charge in [0.25, 0.3) is 0 Å². The first kappa shape index (κ1) is 27.5. The van der Waals surface area contributed by atoms with Crippen LogP contribution in [0.15, 0.2) is 24.7 Å². The molecule has 1 saturated heterocycles. The zero-order valence-electron chi connectivity index (χ0n) is 23.8. The maximum Gasteiger partial charge on any atom is 0.250 e. The molecule has 2 aliphatic rings. The van der Waals surface area contributed by atoms with Crippen molar-refractivity contribution in [2.45, 2.75) is 70.1 Å². The SMILES string of the molecule is COC[C@H](C)Nc1ncc2c(-c3cnn(C(C)(C)C(=O)N4CCN(C)CC4)c3)cc([C@H]3CC[C@H](O)CC3)n2n1. The van der Waals surface area contributed by atoms with Crippen LogP contribution in [0.4, 0.5) is 5.95 Å². The fourth-order valence-electron chi connectivity index (χ4n) is 5.75. The van der Waals surface area contributed by atoms with Crippen LogP contribution < -0.4 is 5.32 Å². The lowest BCUT2D eigenvalue weighted by Gasteiger charge is -2.37. The smallest absolute Gasteiger partial charge is 0.250 e. The van der Waals surface area contributed by atoms with Gasteiger partial charge in [-0.15, -0.1) is 5.10 Å². The summed E-state index contributed by atoms with van der Waals surface area (Å²) in [6.45, 7) is 9.66. The summed E-state index contributed by atoms with van der Waals surface area (Å²) in [6.07, 6.45) is 8.80. The highest BCUT2D eigenvalue weighted by molar-refractivity contribution is 5.85. The number of anilines is 1. The minimum absolute atomic E-state index is 0.0639. The number of aromatic nitrogens is 5. The van der Waals surface area contributed by atoms with E-state index in [4.69, 9.17) is 9.84 Å². The number of nitrogens with zero attached hydrogens (tertiary/aromatic N) is 7. The number of fused-ring (bicyclic) bond motifs is 1. The zero-order valence-corrected chi connectivity index (χ0v) is 23.8. The second-order valence-electron chi connectivity index (χ2n) is 11.7. The fraction of sp³-hybridized carbons (Fsp3) is 0.643. The molecule has 3 aromatic rings. The highest BCUT2D eigenvalue weighted by Crippen LogP contribution is 2.38. The molecule has 1 aliphatic carbocycles. The number of carbonyl (C=O) groups excluding carboxylic acids is 1. The number of methoxy groups -OCH3 is 1. The Morgan fingerprint density at radius 2 is 1.90 bits per heavy atom. The van der Waals surface area contributed by atoms with Crippen molar-refractivity contribution in [2.75, 3.05) is 52.3 Å². The molecule has 2 N–H and O–H groups in total. The number of aliphatic hydroxyl groups excluding tert-OH is 1. The molecule has 0 unspecified atom stereocenters. The van der Waals surface area contributed by atoms with E-state index in [2.05, 4.69) is 33.4 Å². The molecule has 0 aromatic carbocycles. The van der Waals surface area contributed by atoms with E-state index in [9.17, 15) is 9.90 Å². The van der Waals surface area contributed by atoms with Gasteiger partial charge in [0.1, 0.15) is 5.54 Å². The number of likely N-dealkylation sites (N-methyl/N-ethyl adjacent to an activating group) is 1. The Bertz CT molecular complexity index is 1290. The number of ether oxygens (including phenoxy) is 1. The summed E-state index contributed by atoms with van der Waals surface area (Å²) in [5.41, 5.74) is 3.10. The summed E-state index contributed by atoms with van der Waals surface area (Å²) in [7, 11) is 3.76. The molecular weight excluding hydrogens is 496 g/mol. The van der Waals surface area contributed by atoms with Gasteiger partial charge in [0, 0.05) is 68.3 Å². The molecule has 1 atom stereocenters. The fourth-order valence-corrected chi connectivity index (χ4v) is 5.75. The molecule has 11 nitrogen and oxygen atoms in total. The second kappa shape index (κ2) is 11.2. The van der Waals surface area contributed by atoms with Gasteiger partial charge >= 0.3 is 0 Å². The van der Waals surface area contributed by atoms with E-state index in [0.29, 0.717) is 18.5 Å². The summed E-state index contributed by atoms with van der Waals surface area (Å²) in [6, 6.07) is 2.25. The molecule has 1 aliphatic heterocycles. The highest BCUT2D eigenvalue weighted by Gasteiger charge is 2.36. The Morgan fingerprint density at radius 1 is 1.18 bits per heavy atom. The first-order valence-corrected chi connectivity index (χ1v) is 14.0. The van der Waals surface area contributed by atoms with E-state index < -0.39 is 5.54 Å². The third-order valence-electron chi connectivity index (χ3n) is 8.23. The van der Waals surface area contributed by atoms with Gasteiger partial charge in [0.2, 0.25) is 11.9 Å². The van der Waals surface area contributed by atoms with Gasteiger partial charge < -0.3 is 25.0 Å². The van der Waals surface area contributed by atoms with E-state index in [1.54, 1.807) is 11.8 Å². The van der Waals surface area contributed by atoms with Crippen LogP contribution in [0, 0.1) is 0 Å². The van der Waals surface area contributed by atoms with Gasteiger partial charge in [0.15, 0.2) is 0 Å². The number of hydrogen-bond donors (Lipinski definition) is 2. The van der Waals surface area contributed by atoms with E-state index in [1.165, 1.54) is 0 Å². The molecule has 0 radical (unpaired) electrons. The minimum Gasteiger partial charge on any atom is -0.393 e. The number of nitrogens with one attached hydrogen (secondary N) is 1. The molecule has 1 amide bonds. The minimum atomic E-state index is -0.808. The standard InChI is InChI=1S/C28H42N8O3/c1-19(18-39-5)31-27-29-16-25-23(14-24(36(25)32-27)20-6-8-22(37)9-7-20)21-15-30-35(17-21)28(2,3)26(38)34-12-10-33(4)11-13-34/h14-17,19-20,22,37H,6-13,18H2,1-5H3,(H,31,32)/t19-,20-,22-/m0/s1. The Kier molecular flexibility index (Phi) is 7.93. The van der Waals surface area contributed by atoms with Gasteiger partial charge in [-0.2, -0.15) is 5.10 Å². The largest absolute Gasteiger partial charge is 0.393 e. The average Bonchev–Trinajstić information content (AvgIpc) is 3.55. The molecule has 0 spiro atoms. The molecule has 11 heteroatoms. The van der Waals surface area contributed by atoms with Crippen molar-refractivity contribution >= 4 is 17.4 Å². The maximum absolute atomic E-state index is 13.5. The third-order valence-corrected chi connectivity index (χ3v) is 8.23. The van der Waals surface area contributed by atoms with Crippen molar-refractivity contribution in [3.63, 3.8) is 0 Å². The molecule has 212 valence electrons.